The van der Waals surface area contributed by atoms with Gasteiger partial charge in [-0.05, 0) is 32.1 Å². The number of anilines is 1. The van der Waals surface area contributed by atoms with Crippen LogP contribution < -0.4 is 10.6 Å². The van der Waals surface area contributed by atoms with Crippen molar-refractivity contribution in [2.45, 2.75) is 51.5 Å². The van der Waals surface area contributed by atoms with E-state index in [1.807, 2.05) is 0 Å². The van der Waals surface area contributed by atoms with Crippen LogP contribution in [0.3, 0.4) is 0 Å². The summed E-state index contributed by atoms with van der Waals surface area (Å²) in [5.41, 5.74) is 0.388. The Balaban J connectivity index is 1.95. The van der Waals surface area contributed by atoms with E-state index in [2.05, 4.69) is 34.4 Å². The van der Waals surface area contributed by atoms with Gasteiger partial charge in [0.1, 0.15) is 11.5 Å². The second-order valence-electron chi connectivity index (χ2n) is 5.16. The third-order valence-corrected chi connectivity index (χ3v) is 3.81. The van der Waals surface area contributed by atoms with Crippen LogP contribution in [0, 0.1) is 0 Å². The number of carbonyl (C=O) groups is 1. The average Bonchev–Trinajstić information content (AvgIpc) is 2.41. The van der Waals surface area contributed by atoms with Crippen LogP contribution in [0.1, 0.15) is 56.4 Å². The number of hydrogen-bond acceptors (Lipinski definition) is 4. The van der Waals surface area contributed by atoms with Crippen LogP contribution in [0.15, 0.2) is 12.4 Å². The second kappa shape index (κ2) is 5.99. The van der Waals surface area contributed by atoms with Crippen molar-refractivity contribution in [3.63, 3.8) is 0 Å². The number of rotatable bonds is 6. The molecule has 1 aromatic heterocycles. The standard InChI is InChI=1S/C14H22N4O/c1-3-8-15-12-10-16-11(9-17-12)13(19)18-14(4-2)6-5-7-14/h9-10H,3-8H2,1-2H3,(H,15,17)(H,18,19). The zero-order valence-corrected chi connectivity index (χ0v) is 11.7. The average molecular weight is 262 g/mol. The van der Waals surface area contributed by atoms with E-state index in [0.717, 1.165) is 32.2 Å². The molecule has 2 N–H and O–H groups in total. The first-order chi connectivity index (χ1) is 9.19. The van der Waals surface area contributed by atoms with Gasteiger partial charge in [-0.3, -0.25) is 4.79 Å². The fourth-order valence-corrected chi connectivity index (χ4v) is 2.27. The van der Waals surface area contributed by atoms with Gasteiger partial charge in [-0.1, -0.05) is 13.8 Å². The normalized spacial score (nSPS) is 16.5. The fraction of sp³-hybridized carbons (Fsp3) is 0.643. The molecular weight excluding hydrogens is 240 g/mol. The molecule has 19 heavy (non-hydrogen) atoms. The summed E-state index contributed by atoms with van der Waals surface area (Å²) in [7, 11) is 0. The molecule has 1 aromatic rings. The van der Waals surface area contributed by atoms with Crippen LogP contribution in [-0.4, -0.2) is 28.0 Å². The Bertz CT molecular complexity index is 420. The molecule has 0 spiro atoms. The van der Waals surface area contributed by atoms with Crippen molar-refractivity contribution in [1.29, 1.82) is 0 Å². The quantitative estimate of drug-likeness (QED) is 0.826. The minimum atomic E-state index is -0.115. The topological polar surface area (TPSA) is 66.9 Å². The Hall–Kier alpha value is -1.65. The van der Waals surface area contributed by atoms with Gasteiger partial charge in [0.15, 0.2) is 0 Å². The summed E-state index contributed by atoms with van der Waals surface area (Å²) >= 11 is 0. The first-order valence-electron chi connectivity index (χ1n) is 7.07. The maximum atomic E-state index is 12.1. The summed E-state index contributed by atoms with van der Waals surface area (Å²) in [5, 5.41) is 6.23. The molecule has 1 fully saturated rings. The zero-order valence-electron chi connectivity index (χ0n) is 11.7. The van der Waals surface area contributed by atoms with Crippen molar-refractivity contribution in [1.82, 2.24) is 15.3 Å². The van der Waals surface area contributed by atoms with Gasteiger partial charge in [-0.2, -0.15) is 0 Å². The molecule has 104 valence electrons. The van der Waals surface area contributed by atoms with Crippen molar-refractivity contribution in [3.8, 4) is 0 Å². The number of carbonyl (C=O) groups excluding carboxylic acids is 1. The first kappa shape index (κ1) is 13.8. The zero-order chi connectivity index (χ0) is 13.7. The third-order valence-electron chi connectivity index (χ3n) is 3.81. The van der Waals surface area contributed by atoms with E-state index in [9.17, 15) is 4.79 Å². The molecule has 0 bridgehead atoms. The van der Waals surface area contributed by atoms with Gasteiger partial charge < -0.3 is 10.6 Å². The number of aromatic nitrogens is 2. The lowest BCUT2D eigenvalue weighted by atomic mass is 9.75. The molecule has 5 heteroatoms. The van der Waals surface area contributed by atoms with E-state index in [-0.39, 0.29) is 11.4 Å². The molecule has 0 atom stereocenters. The lowest BCUT2D eigenvalue weighted by Gasteiger charge is -2.41. The van der Waals surface area contributed by atoms with Crippen LogP contribution in [0.4, 0.5) is 5.82 Å². The Kier molecular flexibility index (Phi) is 4.35. The Morgan fingerprint density at radius 1 is 1.32 bits per heavy atom. The number of nitrogens with zero attached hydrogens (tertiary/aromatic N) is 2. The summed E-state index contributed by atoms with van der Waals surface area (Å²) in [6.45, 7) is 5.06. The molecule has 2 rings (SSSR count). The predicted octanol–water partition coefficient (Wildman–Crippen LogP) is 2.36. The van der Waals surface area contributed by atoms with E-state index in [4.69, 9.17) is 0 Å². The van der Waals surface area contributed by atoms with Crippen LogP contribution in [0.25, 0.3) is 0 Å². The number of hydrogen-bond donors (Lipinski definition) is 2. The monoisotopic (exact) mass is 262 g/mol. The first-order valence-corrected chi connectivity index (χ1v) is 7.07. The molecule has 0 unspecified atom stereocenters. The lowest BCUT2D eigenvalue weighted by molar-refractivity contribution is 0.0815. The summed E-state index contributed by atoms with van der Waals surface area (Å²) in [6.07, 6.45) is 8.49. The molecule has 5 nitrogen and oxygen atoms in total. The molecule has 0 aliphatic heterocycles. The Labute approximate surface area is 114 Å². The van der Waals surface area contributed by atoms with Gasteiger partial charge in [-0.15, -0.1) is 0 Å². The van der Waals surface area contributed by atoms with E-state index < -0.39 is 0 Å². The van der Waals surface area contributed by atoms with Crippen molar-refractivity contribution in [3.05, 3.63) is 18.1 Å². The molecular formula is C14H22N4O. The summed E-state index contributed by atoms with van der Waals surface area (Å²) in [4.78, 5) is 20.5. The molecule has 1 amide bonds. The maximum Gasteiger partial charge on any atom is 0.271 e. The summed E-state index contributed by atoms with van der Waals surface area (Å²) in [5.74, 6) is 0.600. The highest BCUT2D eigenvalue weighted by molar-refractivity contribution is 5.92. The number of nitrogens with one attached hydrogen (secondary N) is 2. The van der Waals surface area contributed by atoms with Gasteiger partial charge in [-0.25, -0.2) is 9.97 Å². The summed E-state index contributed by atoms with van der Waals surface area (Å²) in [6, 6.07) is 0. The molecule has 1 aliphatic rings. The highest BCUT2D eigenvalue weighted by Crippen LogP contribution is 2.34. The van der Waals surface area contributed by atoms with Gasteiger partial charge in [0, 0.05) is 12.1 Å². The van der Waals surface area contributed by atoms with Gasteiger partial charge in [0.25, 0.3) is 5.91 Å². The SMILES string of the molecule is CCCNc1cnc(C(=O)NC2(CC)CCC2)cn1. The largest absolute Gasteiger partial charge is 0.369 e. The second-order valence-corrected chi connectivity index (χ2v) is 5.16. The Morgan fingerprint density at radius 3 is 2.58 bits per heavy atom. The van der Waals surface area contributed by atoms with Crippen LogP contribution in [0.5, 0.6) is 0 Å². The van der Waals surface area contributed by atoms with Gasteiger partial charge in [0.2, 0.25) is 0 Å². The van der Waals surface area contributed by atoms with Crippen molar-refractivity contribution in [2.24, 2.45) is 0 Å². The maximum absolute atomic E-state index is 12.1. The van der Waals surface area contributed by atoms with E-state index >= 15 is 0 Å². The minimum absolute atomic E-state index is 0.00209. The number of amides is 1. The van der Waals surface area contributed by atoms with Crippen LogP contribution in [-0.2, 0) is 0 Å². The smallest absolute Gasteiger partial charge is 0.271 e. The van der Waals surface area contributed by atoms with E-state index in [1.54, 1.807) is 6.20 Å². The van der Waals surface area contributed by atoms with Crippen molar-refractivity contribution >= 4 is 11.7 Å². The summed E-state index contributed by atoms with van der Waals surface area (Å²) < 4.78 is 0. The Morgan fingerprint density at radius 2 is 2.11 bits per heavy atom. The lowest BCUT2D eigenvalue weighted by Crippen LogP contribution is -2.53. The van der Waals surface area contributed by atoms with Gasteiger partial charge in [0.05, 0.1) is 12.4 Å². The minimum Gasteiger partial charge on any atom is -0.369 e. The highest BCUT2D eigenvalue weighted by atomic mass is 16.2. The molecule has 0 aromatic carbocycles. The van der Waals surface area contributed by atoms with Crippen LogP contribution >= 0.6 is 0 Å². The predicted molar refractivity (Wildman–Crippen MR) is 75.2 cm³/mol. The van der Waals surface area contributed by atoms with Crippen LogP contribution in [0.2, 0.25) is 0 Å². The molecule has 1 aliphatic carbocycles. The third kappa shape index (κ3) is 3.22. The fourth-order valence-electron chi connectivity index (χ4n) is 2.27. The van der Waals surface area contributed by atoms with Gasteiger partial charge >= 0.3 is 0 Å². The van der Waals surface area contributed by atoms with E-state index in [1.165, 1.54) is 12.6 Å². The molecule has 1 saturated carbocycles. The highest BCUT2D eigenvalue weighted by Gasteiger charge is 2.36. The van der Waals surface area contributed by atoms with E-state index in [0.29, 0.717) is 11.5 Å². The molecule has 0 radical (unpaired) electrons. The molecule has 1 heterocycles. The van der Waals surface area contributed by atoms with Crippen molar-refractivity contribution < 1.29 is 4.79 Å². The molecule has 0 saturated heterocycles. The van der Waals surface area contributed by atoms with Crippen molar-refractivity contribution in [2.75, 3.05) is 11.9 Å².